The third-order valence-corrected chi connectivity index (χ3v) is 4.25. The maximum atomic E-state index is 12.1. The van der Waals surface area contributed by atoms with Crippen molar-refractivity contribution in [3.63, 3.8) is 0 Å². The van der Waals surface area contributed by atoms with Gasteiger partial charge in [0.1, 0.15) is 0 Å². The molecule has 0 radical (unpaired) electrons. The van der Waals surface area contributed by atoms with Crippen LogP contribution in [0.3, 0.4) is 0 Å². The van der Waals surface area contributed by atoms with E-state index in [-0.39, 0.29) is 11.8 Å². The monoisotopic (exact) mass is 311 g/mol. The minimum atomic E-state index is -3.53. The largest absolute Gasteiger partial charge is 0.324 e. The summed E-state index contributed by atoms with van der Waals surface area (Å²) in [6.45, 7) is 3.69. The van der Waals surface area contributed by atoms with Gasteiger partial charge in [-0.3, -0.25) is 0 Å². The van der Waals surface area contributed by atoms with Gasteiger partial charge in [0.15, 0.2) is 0 Å². The number of benzene rings is 1. The van der Waals surface area contributed by atoms with Crippen LogP contribution in [0.5, 0.6) is 0 Å². The molecule has 1 saturated heterocycles. The Balaban J connectivity index is 1.95. The van der Waals surface area contributed by atoms with E-state index in [9.17, 15) is 13.2 Å². The minimum absolute atomic E-state index is 0.110. The van der Waals surface area contributed by atoms with E-state index in [1.54, 1.807) is 24.3 Å². The Kier molecular flexibility index (Phi) is 4.84. The first-order valence-electron chi connectivity index (χ1n) is 6.99. The molecule has 1 aliphatic heterocycles. The number of amides is 2. The lowest BCUT2D eigenvalue weighted by Gasteiger charge is -2.30. The van der Waals surface area contributed by atoms with E-state index in [0.717, 1.165) is 25.9 Å². The highest BCUT2D eigenvalue weighted by Gasteiger charge is 2.20. The smallest absolute Gasteiger partial charge is 0.321 e. The first-order valence-corrected chi connectivity index (χ1v) is 8.70. The second-order valence-electron chi connectivity index (χ2n) is 5.63. The van der Waals surface area contributed by atoms with E-state index < -0.39 is 10.0 Å². The molecule has 0 bridgehead atoms. The Bertz CT molecular complexity index is 598. The van der Waals surface area contributed by atoms with Gasteiger partial charge in [-0.15, -0.1) is 0 Å². The van der Waals surface area contributed by atoms with Crippen molar-refractivity contribution < 1.29 is 13.2 Å². The summed E-state index contributed by atoms with van der Waals surface area (Å²) < 4.78 is 22.0. The number of nitrogens with two attached hydrogens (primary N) is 1. The number of sulfonamides is 1. The SMILES string of the molecule is CC1CCCN(C(=O)Nc2ccc(CS(N)(=O)=O)cc2)C1. The van der Waals surface area contributed by atoms with Gasteiger partial charge < -0.3 is 10.2 Å². The van der Waals surface area contributed by atoms with Crippen molar-refractivity contribution in [2.45, 2.75) is 25.5 Å². The number of nitrogens with zero attached hydrogens (tertiary/aromatic N) is 1. The Morgan fingerprint density at radius 2 is 2.05 bits per heavy atom. The normalized spacial score (nSPS) is 19.3. The van der Waals surface area contributed by atoms with Crippen molar-refractivity contribution in [3.8, 4) is 0 Å². The molecule has 1 heterocycles. The Hall–Kier alpha value is -1.60. The first kappa shape index (κ1) is 15.8. The van der Waals surface area contributed by atoms with E-state index in [4.69, 9.17) is 5.14 Å². The lowest BCUT2D eigenvalue weighted by atomic mass is 10.0. The van der Waals surface area contributed by atoms with Crippen molar-refractivity contribution in [2.24, 2.45) is 11.1 Å². The minimum Gasteiger partial charge on any atom is -0.324 e. The number of anilines is 1. The van der Waals surface area contributed by atoms with Crippen LogP contribution in [-0.2, 0) is 15.8 Å². The molecular formula is C14H21N3O3S. The van der Waals surface area contributed by atoms with Crippen LogP contribution in [0.25, 0.3) is 0 Å². The topological polar surface area (TPSA) is 92.5 Å². The van der Waals surface area contributed by atoms with Crippen molar-refractivity contribution >= 4 is 21.7 Å². The van der Waals surface area contributed by atoms with Gasteiger partial charge in [0.2, 0.25) is 10.0 Å². The fourth-order valence-electron chi connectivity index (χ4n) is 2.49. The molecule has 0 aliphatic carbocycles. The Morgan fingerprint density at radius 3 is 2.62 bits per heavy atom. The van der Waals surface area contributed by atoms with E-state index in [1.165, 1.54) is 0 Å². The summed E-state index contributed by atoms with van der Waals surface area (Å²) in [6, 6.07) is 6.57. The summed E-state index contributed by atoms with van der Waals surface area (Å²) in [5.74, 6) is 0.326. The van der Waals surface area contributed by atoms with Crippen LogP contribution < -0.4 is 10.5 Å². The van der Waals surface area contributed by atoms with Crippen LogP contribution >= 0.6 is 0 Å². The highest BCUT2D eigenvalue weighted by atomic mass is 32.2. The number of nitrogens with one attached hydrogen (secondary N) is 1. The zero-order chi connectivity index (χ0) is 15.5. The molecule has 116 valence electrons. The van der Waals surface area contributed by atoms with Crippen LogP contribution in [0.15, 0.2) is 24.3 Å². The maximum Gasteiger partial charge on any atom is 0.321 e. The average Bonchev–Trinajstić information content (AvgIpc) is 2.39. The molecule has 1 aromatic carbocycles. The van der Waals surface area contributed by atoms with Gasteiger partial charge in [0, 0.05) is 18.8 Å². The second kappa shape index (κ2) is 6.44. The molecule has 2 amide bonds. The summed E-state index contributed by atoms with van der Waals surface area (Å²) >= 11 is 0. The van der Waals surface area contributed by atoms with Crippen LogP contribution in [0, 0.1) is 5.92 Å². The predicted molar refractivity (Wildman–Crippen MR) is 82.2 cm³/mol. The lowest BCUT2D eigenvalue weighted by Crippen LogP contribution is -2.41. The fourth-order valence-corrected chi connectivity index (χ4v) is 3.15. The number of piperidine rings is 1. The van der Waals surface area contributed by atoms with Crippen LogP contribution in [0.1, 0.15) is 25.3 Å². The van der Waals surface area contributed by atoms with E-state index in [0.29, 0.717) is 17.2 Å². The molecule has 1 atom stereocenters. The summed E-state index contributed by atoms with van der Waals surface area (Å²) in [4.78, 5) is 13.9. The molecule has 7 heteroatoms. The predicted octanol–water partition coefficient (Wildman–Crippen LogP) is 1.74. The van der Waals surface area contributed by atoms with E-state index in [1.807, 2.05) is 4.90 Å². The number of carbonyl (C=O) groups is 1. The number of carbonyl (C=O) groups excluding carboxylic acids is 1. The summed E-state index contributed by atoms with van der Waals surface area (Å²) in [5, 5.41) is 7.82. The van der Waals surface area contributed by atoms with Crippen molar-refractivity contribution in [2.75, 3.05) is 18.4 Å². The molecule has 1 fully saturated rings. The standard InChI is InChI=1S/C14H21N3O3S/c1-11-3-2-8-17(9-11)14(18)16-13-6-4-12(5-7-13)10-21(15,19)20/h4-7,11H,2-3,8-10H2,1H3,(H,16,18)(H2,15,19,20). The Labute approximate surface area is 125 Å². The summed E-state index contributed by atoms with van der Waals surface area (Å²) in [5.41, 5.74) is 1.25. The number of likely N-dealkylation sites (tertiary alicyclic amines) is 1. The molecule has 1 unspecified atom stereocenters. The molecule has 6 nitrogen and oxygen atoms in total. The van der Waals surface area contributed by atoms with Gasteiger partial charge >= 0.3 is 6.03 Å². The third-order valence-electron chi connectivity index (χ3n) is 3.52. The van der Waals surface area contributed by atoms with Crippen molar-refractivity contribution in [3.05, 3.63) is 29.8 Å². The van der Waals surface area contributed by atoms with E-state index in [2.05, 4.69) is 12.2 Å². The molecule has 0 spiro atoms. The zero-order valence-corrected chi connectivity index (χ0v) is 12.9. The van der Waals surface area contributed by atoms with E-state index >= 15 is 0 Å². The highest BCUT2D eigenvalue weighted by molar-refractivity contribution is 7.88. The van der Waals surface area contributed by atoms with Gasteiger partial charge in [-0.25, -0.2) is 18.4 Å². The fraction of sp³-hybridized carbons (Fsp3) is 0.500. The highest BCUT2D eigenvalue weighted by Crippen LogP contribution is 2.17. The molecular weight excluding hydrogens is 290 g/mol. The van der Waals surface area contributed by atoms with Gasteiger partial charge in [-0.2, -0.15) is 0 Å². The third kappa shape index (κ3) is 5.02. The van der Waals surface area contributed by atoms with Crippen molar-refractivity contribution in [1.29, 1.82) is 0 Å². The quantitative estimate of drug-likeness (QED) is 0.890. The van der Waals surface area contributed by atoms with Crippen LogP contribution in [0.2, 0.25) is 0 Å². The number of hydrogen-bond donors (Lipinski definition) is 2. The molecule has 0 aromatic heterocycles. The maximum absolute atomic E-state index is 12.1. The summed E-state index contributed by atoms with van der Waals surface area (Å²) in [6.07, 6.45) is 2.19. The molecule has 21 heavy (non-hydrogen) atoms. The average molecular weight is 311 g/mol. The van der Waals surface area contributed by atoms with Crippen molar-refractivity contribution in [1.82, 2.24) is 4.90 Å². The first-order chi connectivity index (χ1) is 9.83. The van der Waals surface area contributed by atoms with Crippen LogP contribution in [0.4, 0.5) is 10.5 Å². The molecule has 3 N–H and O–H groups in total. The second-order valence-corrected chi connectivity index (χ2v) is 7.24. The number of urea groups is 1. The van der Waals surface area contributed by atoms with Gasteiger partial charge in [-0.1, -0.05) is 19.1 Å². The van der Waals surface area contributed by atoms with Gasteiger partial charge in [-0.05, 0) is 36.5 Å². The number of rotatable bonds is 3. The number of hydrogen-bond acceptors (Lipinski definition) is 3. The van der Waals surface area contributed by atoms with Gasteiger partial charge in [0.05, 0.1) is 5.75 Å². The lowest BCUT2D eigenvalue weighted by molar-refractivity contribution is 0.182. The molecule has 0 saturated carbocycles. The summed E-state index contributed by atoms with van der Waals surface area (Å²) in [7, 11) is -3.53. The Morgan fingerprint density at radius 1 is 1.38 bits per heavy atom. The zero-order valence-electron chi connectivity index (χ0n) is 12.1. The molecule has 1 aliphatic rings. The number of primary sulfonamides is 1. The van der Waals surface area contributed by atoms with Crippen LogP contribution in [-0.4, -0.2) is 32.4 Å². The molecule has 2 rings (SSSR count). The van der Waals surface area contributed by atoms with Gasteiger partial charge in [0.25, 0.3) is 0 Å². The molecule has 1 aromatic rings.